The van der Waals surface area contributed by atoms with E-state index in [1.54, 1.807) is 0 Å². The maximum absolute atomic E-state index is 5.69. The topological polar surface area (TPSA) is 26.0 Å². The molecule has 11 heavy (non-hydrogen) atoms. The van der Waals surface area contributed by atoms with E-state index in [1.807, 2.05) is 11.8 Å². The van der Waals surface area contributed by atoms with Gasteiger partial charge in [0.05, 0.1) is 0 Å². The molecule has 0 radical (unpaired) electrons. The normalized spacial score (nSPS) is 16.4. The molecule has 0 aliphatic carbocycles. The highest BCUT2D eigenvalue weighted by Crippen LogP contribution is 2.13. The van der Waals surface area contributed by atoms with Crippen LogP contribution in [0.3, 0.4) is 0 Å². The van der Waals surface area contributed by atoms with Gasteiger partial charge in [0.1, 0.15) is 0 Å². The third-order valence-electron chi connectivity index (χ3n) is 1.73. The van der Waals surface area contributed by atoms with Crippen molar-refractivity contribution in [3.05, 3.63) is 0 Å². The number of hydrogen-bond acceptors (Lipinski definition) is 2. The van der Waals surface area contributed by atoms with E-state index in [9.17, 15) is 0 Å². The van der Waals surface area contributed by atoms with Crippen molar-refractivity contribution in [2.75, 3.05) is 11.5 Å². The first-order valence-corrected chi connectivity index (χ1v) is 5.65. The van der Waals surface area contributed by atoms with Crippen LogP contribution in [0.25, 0.3) is 0 Å². The lowest BCUT2D eigenvalue weighted by Crippen LogP contribution is -2.18. The van der Waals surface area contributed by atoms with E-state index >= 15 is 0 Å². The van der Waals surface area contributed by atoms with Crippen molar-refractivity contribution < 1.29 is 0 Å². The van der Waals surface area contributed by atoms with Gasteiger partial charge in [-0.1, -0.05) is 13.8 Å². The summed E-state index contributed by atoms with van der Waals surface area (Å²) in [5.74, 6) is 3.34. The summed E-state index contributed by atoms with van der Waals surface area (Å²) in [7, 11) is 0. The van der Waals surface area contributed by atoms with E-state index in [0.717, 1.165) is 5.92 Å². The first-order valence-electron chi connectivity index (χ1n) is 4.50. The molecule has 0 rings (SSSR count). The Bertz CT molecular complexity index is 83.6. The standard InChI is InChI=1S/C9H21NS/c1-4-11-6-5-8(2)7-9(3)10/h8-9H,4-7,10H2,1-3H3. The minimum absolute atomic E-state index is 0.372. The molecule has 68 valence electrons. The van der Waals surface area contributed by atoms with Crippen molar-refractivity contribution in [1.82, 2.24) is 0 Å². The average Bonchev–Trinajstić information content (AvgIpc) is 1.86. The molecule has 2 N–H and O–H groups in total. The third kappa shape index (κ3) is 8.21. The molecule has 0 spiro atoms. The summed E-state index contributed by atoms with van der Waals surface area (Å²) in [6, 6.07) is 0.372. The van der Waals surface area contributed by atoms with Crippen LogP contribution in [-0.4, -0.2) is 17.5 Å². The predicted octanol–water partition coefficient (Wildman–Crippen LogP) is 2.50. The molecule has 0 saturated heterocycles. The van der Waals surface area contributed by atoms with Crippen LogP contribution in [0.2, 0.25) is 0 Å². The Hall–Kier alpha value is 0.310. The summed E-state index contributed by atoms with van der Waals surface area (Å²) in [5.41, 5.74) is 5.69. The summed E-state index contributed by atoms with van der Waals surface area (Å²) < 4.78 is 0. The minimum Gasteiger partial charge on any atom is -0.328 e. The van der Waals surface area contributed by atoms with Gasteiger partial charge >= 0.3 is 0 Å². The van der Waals surface area contributed by atoms with E-state index in [1.165, 1.54) is 24.3 Å². The van der Waals surface area contributed by atoms with Crippen molar-refractivity contribution in [3.8, 4) is 0 Å². The molecule has 0 saturated carbocycles. The molecule has 2 heteroatoms. The molecule has 2 unspecified atom stereocenters. The molecule has 0 aromatic heterocycles. The van der Waals surface area contributed by atoms with Gasteiger partial charge in [-0.15, -0.1) is 0 Å². The maximum atomic E-state index is 5.69. The lowest BCUT2D eigenvalue weighted by Gasteiger charge is -2.12. The van der Waals surface area contributed by atoms with Gasteiger partial charge in [-0.05, 0) is 37.2 Å². The smallest absolute Gasteiger partial charge is 0.00130 e. The Morgan fingerprint density at radius 3 is 2.45 bits per heavy atom. The molecule has 0 heterocycles. The second-order valence-corrected chi connectivity index (χ2v) is 4.70. The minimum atomic E-state index is 0.372. The van der Waals surface area contributed by atoms with Crippen LogP contribution >= 0.6 is 11.8 Å². The van der Waals surface area contributed by atoms with Gasteiger partial charge in [-0.2, -0.15) is 11.8 Å². The Kier molecular flexibility index (Phi) is 7.18. The van der Waals surface area contributed by atoms with Crippen LogP contribution in [0.4, 0.5) is 0 Å². The largest absolute Gasteiger partial charge is 0.328 e. The fourth-order valence-corrected chi connectivity index (χ4v) is 2.04. The molecule has 0 fully saturated rings. The van der Waals surface area contributed by atoms with E-state index < -0.39 is 0 Å². The van der Waals surface area contributed by atoms with E-state index in [2.05, 4.69) is 20.8 Å². The van der Waals surface area contributed by atoms with Crippen LogP contribution in [-0.2, 0) is 0 Å². The van der Waals surface area contributed by atoms with Crippen LogP contribution in [0.1, 0.15) is 33.6 Å². The zero-order chi connectivity index (χ0) is 8.69. The zero-order valence-electron chi connectivity index (χ0n) is 7.97. The summed E-state index contributed by atoms with van der Waals surface area (Å²) in [6.07, 6.45) is 2.49. The first-order chi connectivity index (χ1) is 5.16. The molecule has 0 aliphatic heterocycles. The van der Waals surface area contributed by atoms with Crippen LogP contribution < -0.4 is 5.73 Å². The molecule has 1 nitrogen and oxygen atoms in total. The lowest BCUT2D eigenvalue weighted by atomic mass is 10.0. The third-order valence-corrected chi connectivity index (χ3v) is 2.67. The molecule has 2 atom stereocenters. The molecule has 0 aliphatic rings. The number of hydrogen-bond donors (Lipinski definition) is 1. The molecule has 0 aromatic carbocycles. The van der Waals surface area contributed by atoms with Crippen LogP contribution in [0.15, 0.2) is 0 Å². The highest BCUT2D eigenvalue weighted by molar-refractivity contribution is 7.99. The number of rotatable bonds is 6. The van der Waals surface area contributed by atoms with E-state index in [4.69, 9.17) is 5.73 Å². The summed E-state index contributed by atoms with van der Waals surface area (Å²) in [4.78, 5) is 0. The Morgan fingerprint density at radius 1 is 1.36 bits per heavy atom. The predicted molar refractivity (Wildman–Crippen MR) is 55.0 cm³/mol. The molecule has 0 amide bonds. The van der Waals surface area contributed by atoms with Crippen molar-refractivity contribution in [1.29, 1.82) is 0 Å². The van der Waals surface area contributed by atoms with E-state index in [-0.39, 0.29) is 0 Å². The van der Waals surface area contributed by atoms with Gasteiger partial charge in [0.2, 0.25) is 0 Å². The monoisotopic (exact) mass is 175 g/mol. The van der Waals surface area contributed by atoms with E-state index in [0.29, 0.717) is 6.04 Å². The summed E-state index contributed by atoms with van der Waals surface area (Å²) in [6.45, 7) is 6.59. The van der Waals surface area contributed by atoms with Gasteiger partial charge in [0.25, 0.3) is 0 Å². The summed E-state index contributed by atoms with van der Waals surface area (Å²) in [5, 5.41) is 0. The van der Waals surface area contributed by atoms with Crippen molar-refractivity contribution in [3.63, 3.8) is 0 Å². The molecule has 0 aromatic rings. The van der Waals surface area contributed by atoms with Gasteiger partial charge in [-0.25, -0.2) is 0 Å². The van der Waals surface area contributed by atoms with Gasteiger partial charge in [0, 0.05) is 6.04 Å². The second-order valence-electron chi connectivity index (χ2n) is 3.30. The second kappa shape index (κ2) is 6.99. The Morgan fingerprint density at radius 2 is 2.00 bits per heavy atom. The Balaban J connectivity index is 3.15. The van der Waals surface area contributed by atoms with Gasteiger partial charge < -0.3 is 5.73 Å². The SMILES string of the molecule is CCSCCC(C)CC(C)N. The molecular weight excluding hydrogens is 154 g/mol. The number of nitrogens with two attached hydrogens (primary N) is 1. The zero-order valence-corrected chi connectivity index (χ0v) is 8.79. The number of thioether (sulfide) groups is 1. The quantitative estimate of drug-likeness (QED) is 0.628. The fraction of sp³-hybridized carbons (Fsp3) is 1.00. The fourth-order valence-electron chi connectivity index (χ4n) is 1.18. The molecular formula is C9H21NS. The highest BCUT2D eigenvalue weighted by atomic mass is 32.2. The van der Waals surface area contributed by atoms with Gasteiger partial charge in [0.15, 0.2) is 0 Å². The molecule has 0 bridgehead atoms. The van der Waals surface area contributed by atoms with Gasteiger partial charge in [-0.3, -0.25) is 0 Å². The lowest BCUT2D eigenvalue weighted by molar-refractivity contribution is 0.472. The first kappa shape index (κ1) is 11.3. The van der Waals surface area contributed by atoms with Crippen LogP contribution in [0.5, 0.6) is 0 Å². The van der Waals surface area contributed by atoms with Crippen LogP contribution in [0, 0.1) is 5.92 Å². The maximum Gasteiger partial charge on any atom is 0.00130 e. The van der Waals surface area contributed by atoms with Crippen molar-refractivity contribution >= 4 is 11.8 Å². The highest BCUT2D eigenvalue weighted by Gasteiger charge is 2.03. The Labute approximate surface area is 75.1 Å². The van der Waals surface area contributed by atoms with Crippen molar-refractivity contribution in [2.45, 2.75) is 39.7 Å². The van der Waals surface area contributed by atoms with Crippen molar-refractivity contribution in [2.24, 2.45) is 11.7 Å². The summed E-state index contributed by atoms with van der Waals surface area (Å²) >= 11 is 2.02. The average molecular weight is 175 g/mol.